The molecule has 1 atom stereocenters. The number of amidine groups is 1. The summed E-state index contributed by atoms with van der Waals surface area (Å²) >= 11 is 0. The van der Waals surface area contributed by atoms with Crippen LogP contribution in [-0.2, 0) is 4.74 Å². The van der Waals surface area contributed by atoms with E-state index in [1.54, 1.807) is 0 Å². The average Bonchev–Trinajstić information content (AvgIpc) is 1.96. The molecule has 13 heavy (non-hydrogen) atoms. The van der Waals surface area contributed by atoms with Gasteiger partial charge in [0.2, 0.25) is 0 Å². The summed E-state index contributed by atoms with van der Waals surface area (Å²) in [6.07, 6.45) is 2.93. The Morgan fingerprint density at radius 3 is 2.46 bits per heavy atom. The zero-order valence-electron chi connectivity index (χ0n) is 8.97. The van der Waals surface area contributed by atoms with E-state index in [2.05, 4.69) is 13.8 Å². The minimum absolute atomic E-state index is 0.0877. The van der Waals surface area contributed by atoms with Crippen LogP contribution in [0.3, 0.4) is 0 Å². The van der Waals surface area contributed by atoms with Gasteiger partial charge in [-0.3, -0.25) is 5.41 Å². The van der Waals surface area contributed by atoms with Crippen molar-refractivity contribution in [2.24, 2.45) is 11.7 Å². The number of ether oxygens (including phenoxy) is 1. The molecule has 0 saturated carbocycles. The quantitative estimate of drug-likeness (QED) is 0.363. The fraction of sp³-hybridized carbons (Fsp3) is 0.900. The van der Waals surface area contributed by atoms with Gasteiger partial charge in [0.1, 0.15) is 0 Å². The third kappa shape index (κ3) is 9.34. The third-order valence-corrected chi connectivity index (χ3v) is 1.84. The van der Waals surface area contributed by atoms with Crippen LogP contribution in [0.25, 0.3) is 0 Å². The molecule has 0 aromatic carbocycles. The number of rotatable bonds is 7. The van der Waals surface area contributed by atoms with Gasteiger partial charge in [0, 0.05) is 13.0 Å². The van der Waals surface area contributed by atoms with Gasteiger partial charge >= 0.3 is 0 Å². The van der Waals surface area contributed by atoms with Crippen LogP contribution in [0.5, 0.6) is 0 Å². The molecule has 0 fully saturated rings. The van der Waals surface area contributed by atoms with E-state index in [4.69, 9.17) is 15.9 Å². The molecular weight excluding hydrogens is 164 g/mol. The highest BCUT2D eigenvalue weighted by Gasteiger charge is 2.03. The average molecular weight is 186 g/mol. The molecule has 0 aliphatic heterocycles. The Hall–Kier alpha value is -0.570. The van der Waals surface area contributed by atoms with Crippen molar-refractivity contribution in [2.45, 2.75) is 46.1 Å². The van der Waals surface area contributed by atoms with Gasteiger partial charge in [-0.15, -0.1) is 0 Å². The minimum atomic E-state index is 0.0877. The normalized spacial score (nSPS) is 13.2. The lowest BCUT2D eigenvalue weighted by Crippen LogP contribution is -2.20. The van der Waals surface area contributed by atoms with Crippen molar-refractivity contribution in [3.05, 3.63) is 0 Å². The van der Waals surface area contributed by atoms with Crippen molar-refractivity contribution in [3.63, 3.8) is 0 Å². The van der Waals surface area contributed by atoms with Gasteiger partial charge in [-0.05, 0) is 25.7 Å². The molecule has 78 valence electrons. The first kappa shape index (κ1) is 12.4. The van der Waals surface area contributed by atoms with E-state index in [-0.39, 0.29) is 11.9 Å². The summed E-state index contributed by atoms with van der Waals surface area (Å²) in [5.74, 6) is 0.947. The second kappa shape index (κ2) is 6.89. The smallest absolute Gasteiger partial charge is 0.0931 e. The first-order valence-corrected chi connectivity index (χ1v) is 4.97. The highest BCUT2D eigenvalue weighted by molar-refractivity contribution is 5.77. The molecule has 3 N–H and O–H groups in total. The highest BCUT2D eigenvalue weighted by atomic mass is 16.5. The fourth-order valence-corrected chi connectivity index (χ4v) is 1.14. The molecule has 0 bridgehead atoms. The second-order valence-electron chi connectivity index (χ2n) is 3.95. The van der Waals surface area contributed by atoms with Crippen LogP contribution < -0.4 is 5.73 Å². The Kier molecular flexibility index (Phi) is 6.59. The van der Waals surface area contributed by atoms with Crippen LogP contribution in [0.2, 0.25) is 0 Å². The molecule has 0 aromatic heterocycles. The molecule has 0 aliphatic rings. The van der Waals surface area contributed by atoms with Gasteiger partial charge in [-0.2, -0.15) is 0 Å². The van der Waals surface area contributed by atoms with Crippen LogP contribution in [0.15, 0.2) is 0 Å². The van der Waals surface area contributed by atoms with Crippen LogP contribution in [0.4, 0.5) is 0 Å². The molecule has 0 radical (unpaired) electrons. The molecule has 0 aliphatic carbocycles. The predicted molar refractivity (Wildman–Crippen MR) is 56.0 cm³/mol. The van der Waals surface area contributed by atoms with E-state index in [9.17, 15) is 0 Å². The van der Waals surface area contributed by atoms with Gasteiger partial charge < -0.3 is 10.5 Å². The van der Waals surface area contributed by atoms with Crippen molar-refractivity contribution in [1.29, 1.82) is 5.41 Å². The summed E-state index contributed by atoms with van der Waals surface area (Å²) in [6, 6.07) is 0. The highest BCUT2D eigenvalue weighted by Crippen LogP contribution is 2.05. The van der Waals surface area contributed by atoms with E-state index >= 15 is 0 Å². The fourth-order valence-electron chi connectivity index (χ4n) is 1.14. The Morgan fingerprint density at radius 2 is 2.00 bits per heavy atom. The van der Waals surface area contributed by atoms with Crippen LogP contribution in [-0.4, -0.2) is 18.5 Å². The topological polar surface area (TPSA) is 59.1 Å². The summed E-state index contributed by atoms with van der Waals surface area (Å²) in [7, 11) is 0. The van der Waals surface area contributed by atoms with Crippen molar-refractivity contribution >= 4 is 5.84 Å². The van der Waals surface area contributed by atoms with Gasteiger partial charge in [0.05, 0.1) is 11.9 Å². The zero-order chi connectivity index (χ0) is 10.3. The van der Waals surface area contributed by atoms with Crippen molar-refractivity contribution in [3.8, 4) is 0 Å². The van der Waals surface area contributed by atoms with Crippen LogP contribution in [0, 0.1) is 11.3 Å². The van der Waals surface area contributed by atoms with Gasteiger partial charge in [0.25, 0.3) is 0 Å². The van der Waals surface area contributed by atoms with Crippen LogP contribution >= 0.6 is 0 Å². The standard InChI is InChI=1S/C10H22N2O/c1-8(2)5-4-6-13-9(3)7-10(11)12/h8-9H,4-7H2,1-3H3,(H3,11,12). The van der Waals surface area contributed by atoms with Gasteiger partial charge in [0.15, 0.2) is 0 Å². The number of nitrogens with one attached hydrogen (secondary N) is 1. The largest absolute Gasteiger partial charge is 0.388 e. The summed E-state index contributed by atoms with van der Waals surface area (Å²) in [4.78, 5) is 0. The van der Waals surface area contributed by atoms with Crippen molar-refractivity contribution in [2.75, 3.05) is 6.61 Å². The Labute approximate surface area is 81.2 Å². The summed E-state index contributed by atoms with van der Waals surface area (Å²) in [5, 5.41) is 7.07. The Bertz CT molecular complexity index is 146. The molecule has 0 heterocycles. The monoisotopic (exact) mass is 186 g/mol. The van der Waals surface area contributed by atoms with Gasteiger partial charge in [-0.1, -0.05) is 13.8 Å². The molecule has 1 unspecified atom stereocenters. The molecule has 0 saturated heterocycles. The van der Waals surface area contributed by atoms with Gasteiger partial charge in [-0.25, -0.2) is 0 Å². The lowest BCUT2D eigenvalue weighted by Gasteiger charge is -2.12. The number of hydrogen-bond donors (Lipinski definition) is 2. The lowest BCUT2D eigenvalue weighted by atomic mass is 10.1. The van der Waals surface area contributed by atoms with Crippen molar-refractivity contribution < 1.29 is 4.74 Å². The third-order valence-electron chi connectivity index (χ3n) is 1.84. The Balaban J connectivity index is 3.26. The number of nitrogens with two attached hydrogens (primary N) is 1. The molecule has 0 amide bonds. The summed E-state index contributed by atoms with van der Waals surface area (Å²) < 4.78 is 5.48. The van der Waals surface area contributed by atoms with E-state index in [1.165, 1.54) is 6.42 Å². The minimum Gasteiger partial charge on any atom is -0.388 e. The first-order chi connectivity index (χ1) is 6.02. The zero-order valence-corrected chi connectivity index (χ0v) is 8.97. The molecule has 3 heteroatoms. The van der Waals surface area contributed by atoms with Crippen molar-refractivity contribution in [1.82, 2.24) is 0 Å². The molecule has 0 spiro atoms. The second-order valence-corrected chi connectivity index (χ2v) is 3.95. The Morgan fingerprint density at radius 1 is 1.38 bits per heavy atom. The SMILES string of the molecule is CC(C)CCCOC(C)CC(=N)N. The molecule has 0 aromatic rings. The lowest BCUT2D eigenvalue weighted by molar-refractivity contribution is 0.0665. The summed E-state index contributed by atoms with van der Waals surface area (Å²) in [5.41, 5.74) is 5.25. The van der Waals surface area contributed by atoms with E-state index in [1.807, 2.05) is 6.92 Å². The maximum absolute atomic E-state index is 7.07. The maximum atomic E-state index is 7.07. The van der Waals surface area contributed by atoms with E-state index < -0.39 is 0 Å². The first-order valence-electron chi connectivity index (χ1n) is 4.97. The molecular formula is C10H22N2O. The summed E-state index contributed by atoms with van der Waals surface area (Å²) in [6.45, 7) is 7.15. The molecule has 3 nitrogen and oxygen atoms in total. The predicted octanol–water partition coefficient (Wildman–Crippen LogP) is 2.15. The maximum Gasteiger partial charge on any atom is 0.0931 e. The molecule has 0 rings (SSSR count). The number of hydrogen-bond acceptors (Lipinski definition) is 2. The van der Waals surface area contributed by atoms with Crippen LogP contribution in [0.1, 0.15) is 40.0 Å². The van der Waals surface area contributed by atoms with E-state index in [0.717, 1.165) is 18.9 Å². The van der Waals surface area contributed by atoms with E-state index in [0.29, 0.717) is 6.42 Å².